The van der Waals surface area contributed by atoms with Crippen LogP contribution in [0.3, 0.4) is 0 Å². The number of halogens is 2. The molecule has 1 rings (SSSR count). The van der Waals surface area contributed by atoms with Gasteiger partial charge in [-0.2, -0.15) is 0 Å². The molecule has 1 heterocycles. The molecule has 0 amide bonds. The van der Waals surface area contributed by atoms with E-state index in [9.17, 15) is 4.79 Å². The van der Waals surface area contributed by atoms with Crippen LogP contribution in [0.25, 0.3) is 0 Å². The average Bonchev–Trinajstić information content (AvgIpc) is 2.32. The highest BCUT2D eigenvalue weighted by Gasteiger charge is 2.10. The van der Waals surface area contributed by atoms with Gasteiger partial charge in [0.25, 0.3) is 0 Å². The predicted octanol–water partition coefficient (Wildman–Crippen LogP) is 2.03. The fourth-order valence-electron chi connectivity index (χ4n) is 1.40. The van der Waals surface area contributed by atoms with Gasteiger partial charge in [-0.15, -0.1) is 24.8 Å². The molecule has 1 atom stereocenters. The van der Waals surface area contributed by atoms with Gasteiger partial charge < -0.3 is 15.2 Å². The molecule has 0 spiro atoms. The van der Waals surface area contributed by atoms with Crippen LogP contribution in [-0.4, -0.2) is 30.2 Å². The molecule has 116 valence electrons. The molecule has 0 radical (unpaired) electrons. The van der Waals surface area contributed by atoms with Crippen molar-refractivity contribution in [3.8, 4) is 0 Å². The zero-order valence-corrected chi connectivity index (χ0v) is 13.3. The minimum Gasteiger partial charge on any atom is -0.466 e. The smallest absolute Gasteiger partial charge is 0.307 e. The lowest BCUT2D eigenvalue weighted by molar-refractivity contribution is -0.143. The number of pyridine rings is 1. The monoisotopic (exact) mass is 324 g/mol. The van der Waals surface area contributed by atoms with Crippen LogP contribution >= 0.6 is 24.8 Å². The topological polar surface area (TPSA) is 74.4 Å². The van der Waals surface area contributed by atoms with Gasteiger partial charge in [0.15, 0.2) is 0 Å². The van der Waals surface area contributed by atoms with Crippen molar-refractivity contribution in [2.45, 2.75) is 32.9 Å². The second-order valence-corrected chi connectivity index (χ2v) is 4.09. The predicted molar refractivity (Wildman–Crippen MR) is 82.4 cm³/mol. The molecule has 0 saturated heterocycles. The summed E-state index contributed by atoms with van der Waals surface area (Å²) >= 11 is 0. The highest BCUT2D eigenvalue weighted by molar-refractivity contribution is 5.85. The van der Waals surface area contributed by atoms with E-state index in [0.717, 1.165) is 11.3 Å². The van der Waals surface area contributed by atoms with Gasteiger partial charge in [0.1, 0.15) is 0 Å². The quantitative estimate of drug-likeness (QED) is 0.777. The minimum absolute atomic E-state index is 0. The van der Waals surface area contributed by atoms with Crippen molar-refractivity contribution < 1.29 is 14.3 Å². The lowest BCUT2D eigenvalue weighted by atomic mass is 10.2. The largest absolute Gasteiger partial charge is 0.466 e. The molecule has 7 heteroatoms. The van der Waals surface area contributed by atoms with Gasteiger partial charge in [-0.25, -0.2) is 0 Å². The minimum atomic E-state index is -0.331. The molecule has 0 aliphatic heterocycles. The Labute approximate surface area is 132 Å². The Balaban J connectivity index is 0. The van der Waals surface area contributed by atoms with Gasteiger partial charge >= 0.3 is 5.97 Å². The first kappa shape index (κ1) is 21.4. The van der Waals surface area contributed by atoms with Crippen molar-refractivity contribution in [1.82, 2.24) is 4.98 Å². The molecule has 1 aromatic rings. The maximum atomic E-state index is 11.2. The Morgan fingerprint density at radius 1 is 1.40 bits per heavy atom. The van der Waals surface area contributed by atoms with Gasteiger partial charge in [-0.05, 0) is 25.5 Å². The number of carbonyl (C=O) groups excluding carboxylic acids is 1. The second kappa shape index (κ2) is 11.9. The summed E-state index contributed by atoms with van der Waals surface area (Å²) in [7, 11) is 0. The Morgan fingerprint density at radius 2 is 2.10 bits per heavy atom. The summed E-state index contributed by atoms with van der Waals surface area (Å²) in [5, 5.41) is 0. The molecule has 20 heavy (non-hydrogen) atoms. The Kier molecular flexibility index (Phi) is 12.8. The Morgan fingerprint density at radius 3 is 2.65 bits per heavy atom. The van der Waals surface area contributed by atoms with Gasteiger partial charge in [0.05, 0.1) is 26.2 Å². The average molecular weight is 325 g/mol. The normalized spacial score (nSPS) is 10.9. The molecule has 0 aliphatic carbocycles. The van der Waals surface area contributed by atoms with E-state index >= 15 is 0 Å². The number of aromatic nitrogens is 1. The number of esters is 1. The fourth-order valence-corrected chi connectivity index (χ4v) is 1.40. The summed E-state index contributed by atoms with van der Waals surface area (Å²) in [5.74, 6) is -0.286. The third-order valence-corrected chi connectivity index (χ3v) is 2.31. The molecular weight excluding hydrogens is 303 g/mol. The summed E-state index contributed by atoms with van der Waals surface area (Å²) in [5.41, 5.74) is 7.71. The summed E-state index contributed by atoms with van der Waals surface area (Å²) < 4.78 is 10.2. The van der Waals surface area contributed by atoms with Crippen LogP contribution in [0.1, 0.15) is 24.6 Å². The maximum absolute atomic E-state index is 11.2. The highest BCUT2D eigenvalue weighted by Crippen LogP contribution is 2.02. The fraction of sp³-hybridized carbons (Fsp3) is 0.538. The number of nitrogens with zero attached hydrogens (tertiary/aromatic N) is 1. The van der Waals surface area contributed by atoms with Crippen LogP contribution in [0.2, 0.25) is 0 Å². The maximum Gasteiger partial charge on any atom is 0.307 e. The Bertz CT molecular complexity index is 374. The van der Waals surface area contributed by atoms with Gasteiger partial charge in [0, 0.05) is 17.9 Å². The molecule has 0 bridgehead atoms. The molecule has 2 N–H and O–H groups in total. The number of hydrogen-bond acceptors (Lipinski definition) is 5. The van der Waals surface area contributed by atoms with Crippen molar-refractivity contribution in [1.29, 1.82) is 0 Å². The molecular formula is C13H22Cl2N2O3. The zero-order valence-electron chi connectivity index (χ0n) is 11.7. The van der Waals surface area contributed by atoms with Crippen LogP contribution in [-0.2, 0) is 20.9 Å². The van der Waals surface area contributed by atoms with Crippen LogP contribution in [0.4, 0.5) is 0 Å². The summed E-state index contributed by atoms with van der Waals surface area (Å²) in [6.45, 7) is 4.85. The summed E-state index contributed by atoms with van der Waals surface area (Å²) in [6.07, 6.45) is 1.95. The molecule has 0 aliphatic rings. The van der Waals surface area contributed by atoms with Crippen LogP contribution < -0.4 is 5.73 Å². The van der Waals surface area contributed by atoms with Crippen molar-refractivity contribution in [2.24, 2.45) is 5.73 Å². The van der Waals surface area contributed by atoms with E-state index in [1.165, 1.54) is 0 Å². The summed E-state index contributed by atoms with van der Waals surface area (Å²) in [6, 6.07) is 3.55. The number of rotatable bonds is 7. The third kappa shape index (κ3) is 9.09. The van der Waals surface area contributed by atoms with Crippen molar-refractivity contribution in [3.63, 3.8) is 0 Å². The van der Waals surface area contributed by atoms with E-state index in [4.69, 9.17) is 15.2 Å². The molecule has 0 aromatic carbocycles. The number of ether oxygens (including phenoxy) is 2. The van der Waals surface area contributed by atoms with Gasteiger partial charge in [-0.1, -0.05) is 6.07 Å². The number of nitrogens with two attached hydrogens (primary N) is 1. The van der Waals surface area contributed by atoms with Crippen LogP contribution in [0.15, 0.2) is 18.3 Å². The van der Waals surface area contributed by atoms with Gasteiger partial charge in [-0.3, -0.25) is 9.78 Å². The molecule has 5 nitrogen and oxygen atoms in total. The third-order valence-electron chi connectivity index (χ3n) is 2.31. The molecule has 0 fully saturated rings. The first-order valence-corrected chi connectivity index (χ1v) is 6.02. The SMILES string of the molecule is CCOC(=O)C[C@@H](N)COCc1ccc(C)nc1.Cl.Cl. The summed E-state index contributed by atoms with van der Waals surface area (Å²) in [4.78, 5) is 15.3. The van der Waals surface area contributed by atoms with Gasteiger partial charge in [0.2, 0.25) is 0 Å². The number of hydrogen-bond donors (Lipinski definition) is 1. The van der Waals surface area contributed by atoms with Crippen LogP contribution in [0.5, 0.6) is 0 Å². The van der Waals surface area contributed by atoms with Crippen molar-refractivity contribution in [2.75, 3.05) is 13.2 Å². The first-order valence-electron chi connectivity index (χ1n) is 6.02. The number of carbonyl (C=O) groups is 1. The highest BCUT2D eigenvalue weighted by atomic mass is 35.5. The van der Waals surface area contributed by atoms with Crippen molar-refractivity contribution in [3.05, 3.63) is 29.6 Å². The van der Waals surface area contributed by atoms with E-state index in [0.29, 0.717) is 19.8 Å². The van der Waals surface area contributed by atoms with Crippen LogP contribution in [0, 0.1) is 6.92 Å². The van der Waals surface area contributed by atoms with E-state index in [2.05, 4.69) is 4.98 Å². The zero-order chi connectivity index (χ0) is 13.4. The molecule has 0 unspecified atom stereocenters. The van der Waals surface area contributed by atoms with Crippen molar-refractivity contribution >= 4 is 30.8 Å². The molecule has 0 saturated carbocycles. The lowest BCUT2D eigenvalue weighted by Gasteiger charge is -2.11. The van der Waals surface area contributed by atoms with E-state index in [1.807, 2.05) is 19.1 Å². The second-order valence-electron chi connectivity index (χ2n) is 4.09. The van der Waals surface area contributed by atoms with E-state index in [1.54, 1.807) is 13.1 Å². The first-order chi connectivity index (χ1) is 8.61. The van der Waals surface area contributed by atoms with E-state index in [-0.39, 0.29) is 43.2 Å². The lowest BCUT2D eigenvalue weighted by Crippen LogP contribution is -2.29. The van der Waals surface area contributed by atoms with E-state index < -0.39 is 0 Å². The molecule has 1 aromatic heterocycles. The number of aryl methyl sites for hydroxylation is 1. The Hall–Kier alpha value is -0.880. The standard InChI is InChI=1S/C13H20N2O3.2ClH/c1-3-18-13(16)6-12(14)9-17-8-11-5-4-10(2)15-7-11;;/h4-5,7,12H,3,6,8-9,14H2,1-2H3;2*1H/t12-;;/m1../s1.